The van der Waals surface area contributed by atoms with Gasteiger partial charge in [-0.3, -0.25) is 25.2 Å². The quantitative estimate of drug-likeness (QED) is 0.570. The third kappa shape index (κ3) is 5.28. The van der Waals surface area contributed by atoms with E-state index in [1.807, 2.05) is 0 Å². The van der Waals surface area contributed by atoms with Crippen molar-refractivity contribution in [1.82, 2.24) is 20.6 Å². The maximum atomic E-state index is 12.7. The summed E-state index contributed by atoms with van der Waals surface area (Å²) in [7, 11) is 0. The predicted octanol–water partition coefficient (Wildman–Crippen LogP) is 2.92. The van der Waals surface area contributed by atoms with E-state index in [0.29, 0.717) is 41.2 Å². The lowest BCUT2D eigenvalue weighted by molar-refractivity contribution is 0.0843. The summed E-state index contributed by atoms with van der Waals surface area (Å²) in [5.74, 6) is 0.145. The van der Waals surface area contributed by atoms with E-state index in [9.17, 15) is 14.4 Å². The van der Waals surface area contributed by atoms with Gasteiger partial charge in [-0.25, -0.2) is 4.68 Å². The van der Waals surface area contributed by atoms with Crippen LogP contribution in [0, 0.1) is 5.92 Å². The van der Waals surface area contributed by atoms with Gasteiger partial charge in [-0.05, 0) is 49.6 Å². The van der Waals surface area contributed by atoms with E-state index in [-0.39, 0.29) is 11.3 Å². The molecule has 162 valence electrons. The third-order valence-electron chi connectivity index (χ3n) is 4.75. The number of carbonyl (C=O) groups is 2. The number of aryl methyl sites for hydroxylation is 1. The average Bonchev–Trinajstić information content (AvgIpc) is 2.78. The van der Waals surface area contributed by atoms with Crippen molar-refractivity contribution in [3.8, 4) is 5.75 Å². The van der Waals surface area contributed by atoms with E-state index in [1.54, 1.807) is 55.5 Å². The van der Waals surface area contributed by atoms with E-state index in [2.05, 4.69) is 29.8 Å². The first-order chi connectivity index (χ1) is 14.9. The second-order valence-electron chi connectivity index (χ2n) is 7.48. The molecule has 0 spiro atoms. The third-order valence-corrected chi connectivity index (χ3v) is 4.75. The topological polar surface area (TPSA) is 102 Å². The standard InChI is InChI=1S/C23H26N4O4/c1-4-27-23(30)19-8-6-5-7-18(19)20(26-27)22(29)25-24-21(28)16-9-11-17(12-10-16)31-14-13-15(2)3/h5-12,15H,4,13-14H2,1-3H3,(H,24,28)(H,25,29). The molecule has 0 atom stereocenters. The summed E-state index contributed by atoms with van der Waals surface area (Å²) < 4.78 is 6.86. The number of aromatic nitrogens is 2. The molecule has 0 radical (unpaired) electrons. The number of ether oxygens (including phenoxy) is 1. The van der Waals surface area contributed by atoms with E-state index >= 15 is 0 Å². The minimum Gasteiger partial charge on any atom is -0.494 e. The summed E-state index contributed by atoms with van der Waals surface area (Å²) in [6.45, 7) is 6.95. The number of nitrogens with one attached hydrogen (secondary N) is 2. The first-order valence-corrected chi connectivity index (χ1v) is 10.2. The normalized spacial score (nSPS) is 10.8. The van der Waals surface area contributed by atoms with Gasteiger partial charge < -0.3 is 4.74 Å². The highest BCUT2D eigenvalue weighted by molar-refractivity contribution is 6.06. The first-order valence-electron chi connectivity index (χ1n) is 10.2. The largest absolute Gasteiger partial charge is 0.494 e. The summed E-state index contributed by atoms with van der Waals surface area (Å²) in [5.41, 5.74) is 4.92. The molecule has 8 heteroatoms. The van der Waals surface area contributed by atoms with Crippen LogP contribution in [0.4, 0.5) is 0 Å². The molecule has 0 fully saturated rings. The lowest BCUT2D eigenvalue weighted by Gasteiger charge is -2.11. The summed E-state index contributed by atoms with van der Waals surface area (Å²) in [4.78, 5) is 37.5. The second-order valence-corrected chi connectivity index (χ2v) is 7.48. The van der Waals surface area contributed by atoms with Crippen LogP contribution in [0.15, 0.2) is 53.3 Å². The van der Waals surface area contributed by atoms with Gasteiger partial charge in [-0.15, -0.1) is 0 Å². The van der Waals surface area contributed by atoms with Crippen molar-refractivity contribution in [3.05, 3.63) is 70.1 Å². The maximum Gasteiger partial charge on any atom is 0.290 e. The monoisotopic (exact) mass is 422 g/mol. The van der Waals surface area contributed by atoms with Crippen LogP contribution < -0.4 is 21.1 Å². The van der Waals surface area contributed by atoms with Crippen LogP contribution in [0.2, 0.25) is 0 Å². The molecule has 0 aliphatic carbocycles. The molecule has 8 nitrogen and oxygen atoms in total. The van der Waals surface area contributed by atoms with Crippen LogP contribution in [-0.4, -0.2) is 28.2 Å². The van der Waals surface area contributed by atoms with Gasteiger partial charge in [0.05, 0.1) is 12.0 Å². The van der Waals surface area contributed by atoms with Gasteiger partial charge in [0.1, 0.15) is 5.75 Å². The van der Waals surface area contributed by atoms with Crippen molar-refractivity contribution in [2.24, 2.45) is 5.92 Å². The molecule has 2 aromatic carbocycles. The number of hydrazine groups is 1. The molecule has 0 unspecified atom stereocenters. The van der Waals surface area contributed by atoms with E-state index in [0.717, 1.165) is 6.42 Å². The van der Waals surface area contributed by atoms with E-state index in [4.69, 9.17) is 4.74 Å². The van der Waals surface area contributed by atoms with E-state index in [1.165, 1.54) is 4.68 Å². The zero-order chi connectivity index (χ0) is 22.4. The Morgan fingerprint density at radius 3 is 2.29 bits per heavy atom. The summed E-state index contributed by atoms with van der Waals surface area (Å²) in [6, 6.07) is 13.4. The van der Waals surface area contributed by atoms with Crippen molar-refractivity contribution in [3.63, 3.8) is 0 Å². The Balaban J connectivity index is 1.68. The molecule has 1 heterocycles. The van der Waals surface area contributed by atoms with Crippen LogP contribution >= 0.6 is 0 Å². The molecule has 0 bridgehead atoms. The van der Waals surface area contributed by atoms with Crippen molar-refractivity contribution >= 4 is 22.6 Å². The number of carbonyl (C=O) groups excluding carboxylic acids is 2. The number of fused-ring (bicyclic) bond motifs is 1. The van der Waals surface area contributed by atoms with Crippen LogP contribution in [0.5, 0.6) is 5.75 Å². The minimum atomic E-state index is -0.611. The van der Waals surface area contributed by atoms with Crippen LogP contribution in [0.25, 0.3) is 10.8 Å². The Hall–Kier alpha value is -3.68. The highest BCUT2D eigenvalue weighted by Gasteiger charge is 2.17. The average molecular weight is 422 g/mol. The fourth-order valence-corrected chi connectivity index (χ4v) is 2.98. The Morgan fingerprint density at radius 2 is 1.65 bits per heavy atom. The molecule has 1 aromatic heterocycles. The summed E-state index contributed by atoms with van der Waals surface area (Å²) >= 11 is 0. The van der Waals surface area contributed by atoms with Gasteiger partial charge in [-0.2, -0.15) is 5.10 Å². The Morgan fingerprint density at radius 1 is 1.00 bits per heavy atom. The molecule has 0 saturated carbocycles. The lowest BCUT2D eigenvalue weighted by atomic mass is 10.1. The smallest absolute Gasteiger partial charge is 0.290 e. The zero-order valence-electron chi connectivity index (χ0n) is 17.8. The van der Waals surface area contributed by atoms with Crippen molar-refractivity contribution in [1.29, 1.82) is 0 Å². The fourth-order valence-electron chi connectivity index (χ4n) is 2.98. The molecule has 2 amide bonds. The van der Waals surface area contributed by atoms with Crippen LogP contribution in [0.3, 0.4) is 0 Å². The molecule has 3 rings (SSSR count). The van der Waals surface area contributed by atoms with Gasteiger partial charge in [0.15, 0.2) is 5.69 Å². The predicted molar refractivity (Wildman–Crippen MR) is 118 cm³/mol. The molecule has 0 aliphatic rings. The first kappa shape index (κ1) is 22.0. The van der Waals surface area contributed by atoms with Gasteiger partial charge in [-0.1, -0.05) is 32.0 Å². The number of amides is 2. The van der Waals surface area contributed by atoms with Crippen molar-refractivity contribution in [2.45, 2.75) is 33.7 Å². The lowest BCUT2D eigenvalue weighted by Crippen LogP contribution is -2.42. The number of nitrogens with zero attached hydrogens (tertiary/aromatic N) is 2. The Bertz CT molecular complexity index is 1140. The number of hydrogen-bond donors (Lipinski definition) is 2. The van der Waals surface area contributed by atoms with Gasteiger partial charge in [0.25, 0.3) is 17.4 Å². The maximum absolute atomic E-state index is 12.7. The molecule has 31 heavy (non-hydrogen) atoms. The highest BCUT2D eigenvalue weighted by atomic mass is 16.5. The fraction of sp³-hybridized carbons (Fsp3) is 0.304. The number of benzene rings is 2. The zero-order valence-corrected chi connectivity index (χ0v) is 17.8. The van der Waals surface area contributed by atoms with Gasteiger partial charge in [0.2, 0.25) is 0 Å². The van der Waals surface area contributed by atoms with Gasteiger partial charge >= 0.3 is 0 Å². The van der Waals surface area contributed by atoms with E-state index < -0.39 is 11.8 Å². The molecule has 2 N–H and O–H groups in total. The molecular weight excluding hydrogens is 396 g/mol. The van der Waals surface area contributed by atoms with Gasteiger partial charge in [0, 0.05) is 17.5 Å². The SMILES string of the molecule is CCn1nc(C(=O)NNC(=O)c2ccc(OCCC(C)C)cc2)c2ccccc2c1=O. The highest BCUT2D eigenvalue weighted by Crippen LogP contribution is 2.14. The number of rotatable bonds is 7. The summed E-state index contributed by atoms with van der Waals surface area (Å²) in [6.07, 6.45) is 0.947. The van der Waals surface area contributed by atoms with Crippen LogP contribution in [-0.2, 0) is 6.54 Å². The van der Waals surface area contributed by atoms with Crippen molar-refractivity contribution < 1.29 is 14.3 Å². The Labute approximate surface area is 180 Å². The Kier molecular flexibility index (Phi) is 7.02. The van der Waals surface area contributed by atoms with Crippen LogP contribution in [0.1, 0.15) is 48.0 Å². The number of hydrogen-bond acceptors (Lipinski definition) is 5. The molecule has 0 saturated heterocycles. The molecular formula is C23H26N4O4. The summed E-state index contributed by atoms with van der Waals surface area (Å²) in [5, 5.41) is 4.96. The second kappa shape index (κ2) is 9.88. The molecule has 3 aromatic rings. The van der Waals surface area contributed by atoms with Crippen molar-refractivity contribution in [2.75, 3.05) is 6.61 Å². The minimum absolute atomic E-state index is 0.0613. The molecule has 0 aliphatic heterocycles.